The predicted octanol–water partition coefficient (Wildman–Crippen LogP) is 4.70. The lowest BCUT2D eigenvalue weighted by Crippen LogP contribution is -2.36. The molecule has 1 fully saturated rings. The van der Waals surface area contributed by atoms with E-state index in [1.54, 1.807) is 41.7 Å². The van der Waals surface area contributed by atoms with Crippen LogP contribution in [-0.2, 0) is 4.74 Å². The molecule has 2 aromatic carbocycles. The first-order valence-corrected chi connectivity index (χ1v) is 11.8. The fourth-order valence-electron chi connectivity index (χ4n) is 3.39. The molecule has 3 heterocycles. The number of nitrogens with one attached hydrogen (secondary N) is 2. The Balaban J connectivity index is 1.25. The van der Waals surface area contributed by atoms with Crippen LogP contribution in [-0.4, -0.2) is 43.1 Å². The molecule has 0 unspecified atom stereocenters. The van der Waals surface area contributed by atoms with Crippen molar-refractivity contribution in [2.75, 3.05) is 41.8 Å². The maximum Gasteiger partial charge on any atom is 0.265 e. The topological polar surface area (TPSA) is 83.6 Å². The number of hydrogen-bond donors (Lipinski definition) is 2. The molecule has 0 aliphatic carbocycles. The van der Waals surface area contributed by atoms with Gasteiger partial charge in [0.15, 0.2) is 5.13 Å². The number of carbonyl (C=O) groups excluding carboxylic acids is 2. The molecule has 1 aliphatic rings. The van der Waals surface area contributed by atoms with Crippen LogP contribution < -0.4 is 15.5 Å². The summed E-state index contributed by atoms with van der Waals surface area (Å²) in [4.78, 5) is 32.4. The largest absolute Gasteiger partial charge is 0.378 e. The van der Waals surface area contributed by atoms with Gasteiger partial charge in [-0.15, -0.1) is 11.3 Å². The molecule has 1 aliphatic heterocycles. The van der Waals surface area contributed by atoms with E-state index in [9.17, 15) is 9.59 Å². The second kappa shape index (κ2) is 9.07. The van der Waals surface area contributed by atoms with E-state index in [0.717, 1.165) is 34.1 Å². The molecule has 1 saturated heterocycles. The van der Waals surface area contributed by atoms with Crippen molar-refractivity contribution in [3.63, 3.8) is 0 Å². The van der Waals surface area contributed by atoms with Gasteiger partial charge in [0.25, 0.3) is 11.8 Å². The number of ether oxygens (including phenoxy) is 1. The third kappa shape index (κ3) is 4.50. The smallest absolute Gasteiger partial charge is 0.265 e. The minimum absolute atomic E-state index is 0.161. The van der Waals surface area contributed by atoms with Crippen LogP contribution in [0.5, 0.6) is 0 Å². The minimum atomic E-state index is -0.210. The van der Waals surface area contributed by atoms with Gasteiger partial charge in [0.1, 0.15) is 0 Å². The highest BCUT2D eigenvalue weighted by atomic mass is 32.1. The summed E-state index contributed by atoms with van der Waals surface area (Å²) >= 11 is 3.00. The SMILES string of the molecule is O=C(Nc1ccc2nc(N3CCOCC3)sc2c1)c1ccc(NC(=O)c2cccs2)cc1. The standard InChI is InChI=1S/C23H20N4O3S2/c28-21(15-3-5-16(6-4-15)24-22(29)19-2-1-13-31-19)25-17-7-8-18-20(14-17)32-23(26-18)27-9-11-30-12-10-27/h1-8,13-14H,9-12H2,(H,24,29)(H,25,28). The van der Waals surface area contributed by atoms with Crippen molar-refractivity contribution in [1.82, 2.24) is 4.98 Å². The van der Waals surface area contributed by atoms with E-state index >= 15 is 0 Å². The van der Waals surface area contributed by atoms with E-state index in [2.05, 4.69) is 15.5 Å². The van der Waals surface area contributed by atoms with E-state index in [4.69, 9.17) is 9.72 Å². The van der Waals surface area contributed by atoms with Crippen molar-refractivity contribution in [2.24, 2.45) is 0 Å². The first kappa shape index (κ1) is 20.6. The minimum Gasteiger partial charge on any atom is -0.378 e. The van der Waals surface area contributed by atoms with Crippen LogP contribution in [0.4, 0.5) is 16.5 Å². The summed E-state index contributed by atoms with van der Waals surface area (Å²) in [7, 11) is 0. The van der Waals surface area contributed by atoms with Gasteiger partial charge in [-0.3, -0.25) is 9.59 Å². The average molecular weight is 465 g/mol. The van der Waals surface area contributed by atoms with Crippen molar-refractivity contribution in [2.45, 2.75) is 0 Å². The van der Waals surface area contributed by atoms with Crippen molar-refractivity contribution in [1.29, 1.82) is 0 Å². The maximum atomic E-state index is 12.7. The van der Waals surface area contributed by atoms with Gasteiger partial charge in [-0.25, -0.2) is 4.98 Å². The van der Waals surface area contributed by atoms with Crippen molar-refractivity contribution in [3.05, 3.63) is 70.4 Å². The van der Waals surface area contributed by atoms with E-state index in [1.165, 1.54) is 11.3 Å². The third-order valence-electron chi connectivity index (χ3n) is 5.07. The van der Waals surface area contributed by atoms with Gasteiger partial charge in [-0.05, 0) is 53.9 Å². The number of amides is 2. The zero-order valence-corrected chi connectivity index (χ0v) is 18.7. The summed E-state index contributed by atoms with van der Waals surface area (Å²) in [6, 6.07) is 16.2. The van der Waals surface area contributed by atoms with Gasteiger partial charge < -0.3 is 20.3 Å². The number of rotatable bonds is 5. The van der Waals surface area contributed by atoms with Crippen molar-refractivity contribution < 1.29 is 14.3 Å². The average Bonchev–Trinajstić information content (AvgIpc) is 3.50. The summed E-state index contributed by atoms with van der Waals surface area (Å²) in [6.45, 7) is 3.11. The van der Waals surface area contributed by atoms with Gasteiger partial charge in [-0.2, -0.15) is 0 Å². The number of fused-ring (bicyclic) bond motifs is 1. The number of aromatic nitrogens is 1. The Hall–Kier alpha value is -3.27. The molecule has 32 heavy (non-hydrogen) atoms. The van der Waals surface area contributed by atoms with Gasteiger partial charge in [0.05, 0.1) is 28.3 Å². The quantitative estimate of drug-likeness (QED) is 0.447. The first-order valence-electron chi connectivity index (χ1n) is 10.2. The highest BCUT2D eigenvalue weighted by molar-refractivity contribution is 7.22. The highest BCUT2D eigenvalue weighted by Gasteiger charge is 2.16. The monoisotopic (exact) mass is 464 g/mol. The van der Waals surface area contributed by atoms with Crippen LogP contribution in [0.1, 0.15) is 20.0 Å². The third-order valence-corrected chi connectivity index (χ3v) is 7.01. The number of carbonyl (C=O) groups is 2. The number of anilines is 3. The molecule has 0 atom stereocenters. The molecule has 2 N–H and O–H groups in total. The molecule has 5 rings (SSSR count). The molecular formula is C23H20N4O3S2. The van der Waals surface area contributed by atoms with Crippen molar-refractivity contribution in [3.8, 4) is 0 Å². The number of hydrogen-bond acceptors (Lipinski definition) is 7. The zero-order chi connectivity index (χ0) is 21.9. The van der Waals surface area contributed by atoms with Crippen molar-refractivity contribution >= 4 is 61.2 Å². The Labute approximate surface area is 192 Å². The van der Waals surface area contributed by atoms with Crippen LogP contribution >= 0.6 is 22.7 Å². The maximum absolute atomic E-state index is 12.7. The Morgan fingerprint density at radius 1 is 0.938 bits per heavy atom. The summed E-state index contributed by atoms with van der Waals surface area (Å²) in [6.07, 6.45) is 0. The Bertz CT molecular complexity index is 1250. The van der Waals surface area contributed by atoms with Crippen LogP contribution in [0.25, 0.3) is 10.2 Å². The molecule has 7 nitrogen and oxygen atoms in total. The molecule has 0 radical (unpaired) electrons. The number of benzene rings is 2. The lowest BCUT2D eigenvalue weighted by atomic mass is 10.2. The fourth-order valence-corrected chi connectivity index (χ4v) is 5.06. The molecule has 2 aromatic heterocycles. The first-order chi connectivity index (χ1) is 15.7. The summed E-state index contributed by atoms with van der Waals surface area (Å²) in [5.74, 6) is -0.370. The summed E-state index contributed by atoms with van der Waals surface area (Å²) in [5, 5.41) is 8.61. The molecule has 9 heteroatoms. The zero-order valence-electron chi connectivity index (χ0n) is 17.0. The number of thiophene rings is 1. The normalized spacial score (nSPS) is 13.8. The van der Waals surface area contributed by atoms with E-state index in [1.807, 2.05) is 29.6 Å². The van der Waals surface area contributed by atoms with Gasteiger partial charge in [0, 0.05) is 30.0 Å². The number of morpholine rings is 1. The Kier molecular flexibility index (Phi) is 5.85. The molecule has 4 aromatic rings. The van der Waals surface area contributed by atoms with Crippen LogP contribution in [0.2, 0.25) is 0 Å². The molecule has 0 saturated carbocycles. The molecule has 162 valence electrons. The van der Waals surface area contributed by atoms with Crippen LogP contribution in [0.3, 0.4) is 0 Å². The molecular weight excluding hydrogens is 444 g/mol. The van der Waals surface area contributed by atoms with Crippen LogP contribution in [0.15, 0.2) is 60.0 Å². The fraction of sp³-hybridized carbons (Fsp3) is 0.174. The van der Waals surface area contributed by atoms with Crippen LogP contribution in [0, 0.1) is 0 Å². The second-order valence-electron chi connectivity index (χ2n) is 7.24. The van der Waals surface area contributed by atoms with Gasteiger partial charge in [-0.1, -0.05) is 17.4 Å². The number of thiazole rings is 1. The molecule has 0 bridgehead atoms. The lowest BCUT2D eigenvalue weighted by molar-refractivity contribution is 0.102. The summed E-state index contributed by atoms with van der Waals surface area (Å²) in [5.41, 5.74) is 2.79. The van der Waals surface area contributed by atoms with Gasteiger partial charge >= 0.3 is 0 Å². The Morgan fingerprint density at radius 2 is 1.69 bits per heavy atom. The van der Waals surface area contributed by atoms with E-state index < -0.39 is 0 Å². The molecule has 2 amide bonds. The predicted molar refractivity (Wildman–Crippen MR) is 129 cm³/mol. The number of nitrogens with zero attached hydrogens (tertiary/aromatic N) is 2. The van der Waals surface area contributed by atoms with Gasteiger partial charge in [0.2, 0.25) is 0 Å². The Morgan fingerprint density at radius 3 is 2.44 bits per heavy atom. The summed E-state index contributed by atoms with van der Waals surface area (Å²) < 4.78 is 6.43. The van der Waals surface area contributed by atoms with E-state index in [0.29, 0.717) is 29.3 Å². The highest BCUT2D eigenvalue weighted by Crippen LogP contribution is 2.31. The molecule has 0 spiro atoms. The lowest BCUT2D eigenvalue weighted by Gasteiger charge is -2.25. The second-order valence-corrected chi connectivity index (χ2v) is 9.20. The van der Waals surface area contributed by atoms with E-state index in [-0.39, 0.29) is 11.8 Å².